The minimum atomic E-state index is -4.77. The van der Waals surface area contributed by atoms with Crippen LogP contribution in [0.1, 0.15) is 37.0 Å². The Balaban J connectivity index is 2.46. The first-order valence-electron chi connectivity index (χ1n) is 6.65. The highest BCUT2D eigenvalue weighted by atomic mass is 19.4. The Morgan fingerprint density at radius 1 is 1.41 bits per heavy atom. The van der Waals surface area contributed by atoms with E-state index in [1.54, 1.807) is 6.92 Å². The normalized spacial score (nSPS) is 18.4. The zero-order valence-corrected chi connectivity index (χ0v) is 11.6. The second kappa shape index (κ2) is 6.26. The lowest BCUT2D eigenvalue weighted by molar-refractivity contribution is -0.206. The minimum absolute atomic E-state index is 0.0152. The molecule has 0 aromatic heterocycles. The Morgan fingerprint density at radius 3 is 2.77 bits per heavy atom. The van der Waals surface area contributed by atoms with E-state index < -0.39 is 24.5 Å². The van der Waals surface area contributed by atoms with Crippen molar-refractivity contribution >= 4 is 11.8 Å². The van der Waals surface area contributed by atoms with Crippen molar-refractivity contribution in [2.45, 2.75) is 38.2 Å². The van der Waals surface area contributed by atoms with E-state index in [2.05, 4.69) is 21.9 Å². The average molecular weight is 315 g/mol. The summed E-state index contributed by atoms with van der Waals surface area (Å²) in [5.74, 6) is 4.70. The van der Waals surface area contributed by atoms with Crippen LogP contribution >= 0.6 is 0 Å². The molecule has 2 unspecified atom stereocenters. The molecule has 0 fully saturated rings. The van der Waals surface area contributed by atoms with Gasteiger partial charge in [0.05, 0.1) is 5.69 Å². The lowest BCUT2D eigenvalue weighted by Crippen LogP contribution is -2.34. The Morgan fingerprint density at radius 2 is 2.14 bits per heavy atom. The van der Waals surface area contributed by atoms with E-state index in [0.29, 0.717) is 6.42 Å². The molecular formula is C15H13F4NO2. The van der Waals surface area contributed by atoms with E-state index in [9.17, 15) is 22.4 Å². The molecule has 2 rings (SSSR count). The van der Waals surface area contributed by atoms with Crippen LogP contribution in [-0.2, 0) is 4.74 Å². The van der Waals surface area contributed by atoms with Crippen molar-refractivity contribution in [2.75, 3.05) is 5.32 Å². The molecule has 2 atom stereocenters. The number of amides is 1. The zero-order chi connectivity index (χ0) is 16.3. The summed E-state index contributed by atoms with van der Waals surface area (Å²) >= 11 is 0. The van der Waals surface area contributed by atoms with Gasteiger partial charge in [0.2, 0.25) is 6.10 Å². The maximum atomic E-state index is 13.4. The maximum absolute atomic E-state index is 13.4. The van der Waals surface area contributed by atoms with Crippen molar-refractivity contribution in [3.8, 4) is 11.8 Å². The molecule has 1 amide bonds. The highest BCUT2D eigenvalue weighted by molar-refractivity contribution is 5.89. The quantitative estimate of drug-likeness (QED) is 0.651. The van der Waals surface area contributed by atoms with Crippen LogP contribution in [0.3, 0.4) is 0 Å². The van der Waals surface area contributed by atoms with Gasteiger partial charge in [-0.25, -0.2) is 9.18 Å². The summed E-state index contributed by atoms with van der Waals surface area (Å²) in [6, 6.07) is 4.09. The summed E-state index contributed by atoms with van der Waals surface area (Å²) < 4.78 is 57.0. The van der Waals surface area contributed by atoms with Crippen LogP contribution in [0.2, 0.25) is 0 Å². The Bertz CT molecular complexity index is 631. The van der Waals surface area contributed by atoms with E-state index in [1.807, 2.05) is 0 Å². The van der Waals surface area contributed by atoms with Gasteiger partial charge >= 0.3 is 12.3 Å². The molecule has 0 bridgehead atoms. The molecule has 0 spiro atoms. The number of rotatable bonds is 2. The first-order valence-corrected chi connectivity index (χ1v) is 6.65. The summed E-state index contributed by atoms with van der Waals surface area (Å²) in [5.41, 5.74) is -0.347. The van der Waals surface area contributed by atoms with Crippen LogP contribution in [0.25, 0.3) is 0 Å². The number of benzene rings is 1. The number of cyclic esters (lactones) is 1. The van der Waals surface area contributed by atoms with Crippen molar-refractivity contribution in [2.24, 2.45) is 0 Å². The molecule has 3 nitrogen and oxygen atoms in total. The topological polar surface area (TPSA) is 38.3 Å². The van der Waals surface area contributed by atoms with Gasteiger partial charge in [0.25, 0.3) is 0 Å². The molecular weight excluding hydrogens is 302 g/mol. The minimum Gasteiger partial charge on any atom is -0.431 e. The molecule has 0 saturated carbocycles. The number of carbonyl (C=O) groups excluding carboxylic acids is 1. The van der Waals surface area contributed by atoms with Crippen LogP contribution < -0.4 is 5.32 Å². The van der Waals surface area contributed by atoms with Gasteiger partial charge in [0.1, 0.15) is 0 Å². The van der Waals surface area contributed by atoms with Crippen molar-refractivity contribution in [1.82, 2.24) is 0 Å². The molecule has 0 saturated heterocycles. The van der Waals surface area contributed by atoms with Gasteiger partial charge in [-0.2, -0.15) is 13.2 Å². The number of nitrogens with one attached hydrogen (secondary N) is 1. The third kappa shape index (κ3) is 3.50. The number of ether oxygens (including phenoxy) is 1. The summed E-state index contributed by atoms with van der Waals surface area (Å²) in [7, 11) is 0. The number of hydrogen-bond acceptors (Lipinski definition) is 2. The second-order valence-corrected chi connectivity index (χ2v) is 4.74. The van der Waals surface area contributed by atoms with Crippen LogP contribution in [0.5, 0.6) is 0 Å². The number of carbonyl (C=O) groups is 1. The smallest absolute Gasteiger partial charge is 0.430 e. The molecule has 118 valence electrons. The van der Waals surface area contributed by atoms with Crippen molar-refractivity contribution < 1.29 is 27.1 Å². The summed E-state index contributed by atoms with van der Waals surface area (Å²) in [6.07, 6.45) is -9.00. The third-order valence-corrected chi connectivity index (χ3v) is 3.03. The predicted molar refractivity (Wildman–Crippen MR) is 72.0 cm³/mol. The molecule has 22 heavy (non-hydrogen) atoms. The van der Waals surface area contributed by atoms with E-state index in [4.69, 9.17) is 0 Å². The molecule has 0 radical (unpaired) electrons. The maximum Gasteiger partial charge on any atom is 0.430 e. The fourth-order valence-corrected chi connectivity index (χ4v) is 2.08. The SMILES string of the molecule is CCCC(F)C#Cc1cccc2c1C(C(F)(F)F)OC(=O)N2. The number of anilines is 1. The Kier molecular flexibility index (Phi) is 4.59. The first kappa shape index (κ1) is 16.1. The fourth-order valence-electron chi connectivity index (χ4n) is 2.08. The number of alkyl halides is 4. The van der Waals surface area contributed by atoms with Gasteiger partial charge in [-0.05, 0) is 18.6 Å². The highest BCUT2D eigenvalue weighted by Crippen LogP contribution is 2.43. The van der Waals surface area contributed by atoms with Crippen LogP contribution in [0.4, 0.5) is 28.0 Å². The summed E-state index contributed by atoms with van der Waals surface area (Å²) in [4.78, 5) is 11.2. The van der Waals surface area contributed by atoms with Gasteiger partial charge in [-0.15, -0.1) is 0 Å². The fraction of sp³-hybridized carbons (Fsp3) is 0.400. The average Bonchev–Trinajstić information content (AvgIpc) is 2.43. The molecule has 0 aliphatic carbocycles. The van der Waals surface area contributed by atoms with Gasteiger partial charge in [-0.1, -0.05) is 31.3 Å². The van der Waals surface area contributed by atoms with Crippen LogP contribution in [0, 0.1) is 11.8 Å². The van der Waals surface area contributed by atoms with E-state index >= 15 is 0 Å². The van der Waals surface area contributed by atoms with Gasteiger partial charge in [-0.3, -0.25) is 5.32 Å². The largest absolute Gasteiger partial charge is 0.431 e. The van der Waals surface area contributed by atoms with Crippen molar-refractivity contribution in [3.63, 3.8) is 0 Å². The van der Waals surface area contributed by atoms with Gasteiger partial charge < -0.3 is 4.74 Å². The third-order valence-electron chi connectivity index (χ3n) is 3.03. The molecule has 1 aliphatic heterocycles. The predicted octanol–water partition coefficient (Wildman–Crippen LogP) is 4.34. The molecule has 1 aliphatic rings. The second-order valence-electron chi connectivity index (χ2n) is 4.74. The molecule has 1 aromatic carbocycles. The summed E-state index contributed by atoms with van der Waals surface area (Å²) in [5, 5.41) is 2.19. The number of halogens is 4. The molecule has 1 aromatic rings. The van der Waals surface area contributed by atoms with E-state index in [-0.39, 0.29) is 23.2 Å². The zero-order valence-electron chi connectivity index (χ0n) is 11.6. The Labute approximate surface area is 124 Å². The summed E-state index contributed by atoms with van der Waals surface area (Å²) in [6.45, 7) is 1.78. The van der Waals surface area contributed by atoms with Crippen molar-refractivity contribution in [3.05, 3.63) is 29.3 Å². The molecule has 1 N–H and O–H groups in total. The van der Waals surface area contributed by atoms with Crippen LogP contribution in [0.15, 0.2) is 18.2 Å². The molecule has 1 heterocycles. The van der Waals surface area contributed by atoms with E-state index in [1.165, 1.54) is 18.2 Å². The van der Waals surface area contributed by atoms with Gasteiger partial charge in [0.15, 0.2) is 6.17 Å². The van der Waals surface area contributed by atoms with E-state index in [0.717, 1.165) is 0 Å². The molecule has 7 heteroatoms. The Hall–Kier alpha value is -2.23. The highest BCUT2D eigenvalue weighted by Gasteiger charge is 2.48. The standard InChI is InChI=1S/C15H13F4NO2/c1-2-4-10(16)8-7-9-5-3-6-11-12(9)13(15(17,18)19)22-14(21)20-11/h3,5-6,10,13H,2,4H2,1H3,(H,20,21). The lowest BCUT2D eigenvalue weighted by atomic mass is 9.98. The van der Waals surface area contributed by atoms with Gasteiger partial charge in [0, 0.05) is 11.1 Å². The van der Waals surface area contributed by atoms with Crippen LogP contribution in [-0.4, -0.2) is 18.4 Å². The lowest BCUT2D eigenvalue weighted by Gasteiger charge is -2.28. The van der Waals surface area contributed by atoms with Crippen molar-refractivity contribution in [1.29, 1.82) is 0 Å². The monoisotopic (exact) mass is 315 g/mol. The number of fused-ring (bicyclic) bond motifs is 1. The first-order chi connectivity index (χ1) is 10.3. The number of hydrogen-bond donors (Lipinski definition) is 1.